The Morgan fingerprint density at radius 1 is 1.12 bits per heavy atom. The van der Waals surface area contributed by atoms with Crippen molar-refractivity contribution in [2.45, 2.75) is 39.8 Å². The molecule has 0 aliphatic carbocycles. The third-order valence-electron chi connectivity index (χ3n) is 6.39. The van der Waals surface area contributed by atoms with Crippen molar-refractivity contribution in [3.8, 4) is 0 Å². The van der Waals surface area contributed by atoms with E-state index in [-0.39, 0.29) is 35.7 Å². The maximum atomic E-state index is 13.2. The van der Waals surface area contributed by atoms with Crippen LogP contribution in [0.4, 0.5) is 4.39 Å². The van der Waals surface area contributed by atoms with E-state index in [1.807, 2.05) is 18.4 Å². The number of nitrogens with two attached hydrogens (primary N) is 1. The molecular formula is C23H26FN5O3. The first-order valence-corrected chi connectivity index (χ1v) is 10.6. The molecule has 168 valence electrons. The Hall–Kier alpha value is -3.49. The van der Waals surface area contributed by atoms with E-state index in [9.17, 15) is 18.8 Å². The van der Waals surface area contributed by atoms with Crippen molar-refractivity contribution in [3.05, 3.63) is 63.6 Å². The number of fused-ring (bicyclic) bond motifs is 1. The van der Waals surface area contributed by atoms with Crippen molar-refractivity contribution in [1.29, 1.82) is 0 Å². The Morgan fingerprint density at radius 3 is 2.41 bits per heavy atom. The van der Waals surface area contributed by atoms with Gasteiger partial charge in [0.2, 0.25) is 11.8 Å². The summed E-state index contributed by atoms with van der Waals surface area (Å²) in [5, 5.41) is 5.50. The Bertz CT molecular complexity index is 1240. The predicted molar refractivity (Wildman–Crippen MR) is 117 cm³/mol. The van der Waals surface area contributed by atoms with Gasteiger partial charge in [0.05, 0.1) is 11.6 Å². The molecule has 3 heterocycles. The lowest BCUT2D eigenvalue weighted by atomic mass is 9.96. The number of hydrogen-bond acceptors (Lipinski definition) is 4. The van der Waals surface area contributed by atoms with Crippen molar-refractivity contribution in [1.82, 2.24) is 19.2 Å². The van der Waals surface area contributed by atoms with Gasteiger partial charge in [0.15, 0.2) is 0 Å². The summed E-state index contributed by atoms with van der Waals surface area (Å²) in [6, 6.07) is 6.26. The third-order valence-corrected chi connectivity index (χ3v) is 6.39. The standard InChI is InChI=1S/C23H26FN5O3/c1-14-19-11-26-29(13-20(30)27-9-7-17(8-10-27)22(25)31)23(32)21(19)15(2)28(14)12-16-3-5-18(24)6-4-16/h3-6,11,17H,7-10,12-13H2,1-2H3,(H2,25,31). The Morgan fingerprint density at radius 2 is 1.78 bits per heavy atom. The van der Waals surface area contributed by atoms with E-state index in [1.54, 1.807) is 23.2 Å². The van der Waals surface area contributed by atoms with E-state index in [0.717, 1.165) is 22.3 Å². The van der Waals surface area contributed by atoms with E-state index >= 15 is 0 Å². The molecule has 1 saturated heterocycles. The van der Waals surface area contributed by atoms with Gasteiger partial charge in [-0.2, -0.15) is 5.10 Å². The van der Waals surface area contributed by atoms with Crippen LogP contribution in [0.25, 0.3) is 10.8 Å². The summed E-state index contributed by atoms with van der Waals surface area (Å²) in [7, 11) is 0. The number of nitrogens with zero attached hydrogens (tertiary/aromatic N) is 4. The van der Waals surface area contributed by atoms with Gasteiger partial charge in [-0.15, -0.1) is 0 Å². The smallest absolute Gasteiger partial charge is 0.276 e. The zero-order valence-electron chi connectivity index (χ0n) is 18.2. The van der Waals surface area contributed by atoms with E-state index in [2.05, 4.69) is 5.10 Å². The number of benzene rings is 1. The van der Waals surface area contributed by atoms with Crippen LogP contribution in [0, 0.1) is 25.6 Å². The van der Waals surface area contributed by atoms with Crippen LogP contribution in [0.1, 0.15) is 29.8 Å². The first-order valence-electron chi connectivity index (χ1n) is 10.6. The number of aryl methyl sites for hydroxylation is 2. The van der Waals surface area contributed by atoms with Gasteiger partial charge >= 0.3 is 0 Å². The molecule has 3 aromatic rings. The number of rotatable bonds is 5. The van der Waals surface area contributed by atoms with Crippen LogP contribution in [0.3, 0.4) is 0 Å². The number of carbonyl (C=O) groups excluding carboxylic acids is 2. The average molecular weight is 439 g/mol. The van der Waals surface area contributed by atoms with Crippen LogP contribution in [0.5, 0.6) is 0 Å². The average Bonchev–Trinajstić information content (AvgIpc) is 3.02. The molecule has 0 unspecified atom stereocenters. The zero-order valence-corrected chi connectivity index (χ0v) is 18.2. The van der Waals surface area contributed by atoms with Crippen molar-refractivity contribution in [3.63, 3.8) is 0 Å². The first kappa shape index (κ1) is 21.7. The second-order valence-corrected chi connectivity index (χ2v) is 8.34. The van der Waals surface area contributed by atoms with E-state index in [0.29, 0.717) is 37.9 Å². The highest BCUT2D eigenvalue weighted by Gasteiger charge is 2.26. The minimum absolute atomic E-state index is 0.155. The van der Waals surface area contributed by atoms with Crippen molar-refractivity contribution in [2.24, 2.45) is 11.7 Å². The number of primary amides is 1. The molecular weight excluding hydrogens is 413 g/mol. The highest BCUT2D eigenvalue weighted by Crippen LogP contribution is 2.23. The van der Waals surface area contributed by atoms with Crippen molar-refractivity contribution in [2.75, 3.05) is 13.1 Å². The number of piperidine rings is 1. The van der Waals surface area contributed by atoms with Crippen molar-refractivity contribution >= 4 is 22.6 Å². The molecule has 0 spiro atoms. The van der Waals surface area contributed by atoms with Crippen LogP contribution < -0.4 is 11.3 Å². The van der Waals surface area contributed by atoms with Gasteiger partial charge in [-0.25, -0.2) is 9.07 Å². The molecule has 1 aliphatic rings. The fourth-order valence-electron chi connectivity index (χ4n) is 4.41. The lowest BCUT2D eigenvalue weighted by Gasteiger charge is -2.30. The van der Waals surface area contributed by atoms with E-state index in [1.165, 1.54) is 16.8 Å². The van der Waals surface area contributed by atoms with Crippen LogP contribution in [0.15, 0.2) is 35.3 Å². The second kappa shape index (κ2) is 8.57. The summed E-state index contributed by atoms with van der Waals surface area (Å²) in [6.07, 6.45) is 2.69. The van der Waals surface area contributed by atoms with E-state index < -0.39 is 0 Å². The van der Waals surface area contributed by atoms with Gasteiger partial charge in [0, 0.05) is 42.3 Å². The number of carbonyl (C=O) groups is 2. The SMILES string of the molecule is Cc1c2cnn(CC(=O)N3CCC(C(N)=O)CC3)c(=O)c2c(C)n1Cc1ccc(F)cc1. The van der Waals surface area contributed by atoms with Crippen LogP contribution in [-0.2, 0) is 22.7 Å². The van der Waals surface area contributed by atoms with Crippen LogP contribution in [-0.4, -0.2) is 44.2 Å². The minimum Gasteiger partial charge on any atom is -0.369 e. The molecule has 2 aromatic heterocycles. The largest absolute Gasteiger partial charge is 0.369 e. The third kappa shape index (κ3) is 4.02. The van der Waals surface area contributed by atoms with Crippen molar-refractivity contribution < 1.29 is 14.0 Å². The van der Waals surface area contributed by atoms with Gasteiger partial charge in [-0.05, 0) is 44.4 Å². The molecule has 1 aliphatic heterocycles. The number of halogens is 1. The van der Waals surface area contributed by atoms with Gasteiger partial charge in [0.1, 0.15) is 12.4 Å². The maximum absolute atomic E-state index is 13.2. The fourth-order valence-corrected chi connectivity index (χ4v) is 4.41. The number of likely N-dealkylation sites (tertiary alicyclic amines) is 1. The topological polar surface area (TPSA) is 103 Å². The molecule has 0 atom stereocenters. The summed E-state index contributed by atoms with van der Waals surface area (Å²) in [6.45, 7) is 5.00. The quantitative estimate of drug-likeness (QED) is 0.654. The summed E-state index contributed by atoms with van der Waals surface area (Å²) in [5.41, 5.74) is 7.61. The molecule has 8 nitrogen and oxygen atoms in total. The molecule has 9 heteroatoms. The van der Waals surface area contributed by atoms with Crippen LogP contribution in [0.2, 0.25) is 0 Å². The lowest BCUT2D eigenvalue weighted by molar-refractivity contribution is -0.135. The van der Waals surface area contributed by atoms with Gasteiger partial charge in [-0.3, -0.25) is 14.4 Å². The second-order valence-electron chi connectivity index (χ2n) is 8.34. The number of aromatic nitrogens is 3. The molecule has 2 amide bonds. The first-order chi connectivity index (χ1) is 15.3. The lowest BCUT2D eigenvalue weighted by Crippen LogP contribution is -2.44. The summed E-state index contributed by atoms with van der Waals surface area (Å²) in [5.74, 6) is -1.04. The molecule has 4 rings (SSSR count). The highest BCUT2D eigenvalue weighted by atomic mass is 19.1. The molecule has 0 radical (unpaired) electrons. The fraction of sp³-hybridized carbons (Fsp3) is 0.391. The van der Waals surface area contributed by atoms with Crippen LogP contribution >= 0.6 is 0 Å². The Labute approximate surface area is 184 Å². The molecule has 0 bridgehead atoms. The monoisotopic (exact) mass is 439 g/mol. The highest BCUT2D eigenvalue weighted by molar-refractivity contribution is 5.87. The summed E-state index contributed by atoms with van der Waals surface area (Å²) < 4.78 is 16.4. The van der Waals surface area contributed by atoms with E-state index in [4.69, 9.17) is 5.73 Å². The predicted octanol–water partition coefficient (Wildman–Crippen LogP) is 1.73. The Balaban J connectivity index is 1.58. The minimum atomic E-state index is -0.337. The molecule has 32 heavy (non-hydrogen) atoms. The van der Waals surface area contributed by atoms with Gasteiger partial charge in [-0.1, -0.05) is 12.1 Å². The Kier molecular flexibility index (Phi) is 5.82. The molecule has 1 fully saturated rings. The summed E-state index contributed by atoms with van der Waals surface area (Å²) in [4.78, 5) is 38.9. The normalized spacial score (nSPS) is 14.8. The van der Waals surface area contributed by atoms with Gasteiger partial charge in [0.25, 0.3) is 5.56 Å². The number of hydrogen-bond donors (Lipinski definition) is 1. The molecule has 0 saturated carbocycles. The zero-order chi connectivity index (χ0) is 23.0. The maximum Gasteiger partial charge on any atom is 0.276 e. The molecule has 1 aromatic carbocycles. The molecule has 2 N–H and O–H groups in total. The van der Waals surface area contributed by atoms with Gasteiger partial charge < -0.3 is 15.2 Å². The number of amides is 2. The summed E-state index contributed by atoms with van der Waals surface area (Å²) >= 11 is 0.